The smallest absolute Gasteiger partial charge is 0.134 e. The lowest BCUT2D eigenvalue weighted by Crippen LogP contribution is -2.10. The van der Waals surface area contributed by atoms with Crippen LogP contribution in [0.3, 0.4) is 0 Å². The van der Waals surface area contributed by atoms with Crippen LogP contribution in [0.5, 0.6) is 5.75 Å². The maximum atomic E-state index is 5.83. The van der Waals surface area contributed by atoms with Crippen molar-refractivity contribution in [2.75, 3.05) is 0 Å². The zero-order chi connectivity index (χ0) is 14.7. The first-order valence-corrected chi connectivity index (χ1v) is 7.94. The zero-order valence-corrected chi connectivity index (χ0v) is 14.8. The Morgan fingerprint density at radius 1 is 1.20 bits per heavy atom. The van der Waals surface area contributed by atoms with Crippen molar-refractivity contribution in [1.29, 1.82) is 0 Å². The molecule has 104 valence electrons. The summed E-state index contributed by atoms with van der Waals surface area (Å²) in [4.78, 5) is 0.413. The Balaban J connectivity index is 2.13. The Kier molecular flexibility index (Phi) is 5.18. The van der Waals surface area contributed by atoms with Crippen molar-refractivity contribution in [3.05, 3.63) is 62.0 Å². The number of rotatable bonds is 4. The highest BCUT2D eigenvalue weighted by Crippen LogP contribution is 2.29. The molecule has 2 aromatic rings. The predicted octanol–water partition coefficient (Wildman–Crippen LogP) is 4.73. The van der Waals surface area contributed by atoms with E-state index in [0.29, 0.717) is 11.6 Å². The van der Waals surface area contributed by atoms with Gasteiger partial charge in [0.15, 0.2) is 0 Å². The summed E-state index contributed by atoms with van der Waals surface area (Å²) in [5.41, 5.74) is 8.73. The van der Waals surface area contributed by atoms with Crippen molar-refractivity contribution in [2.24, 2.45) is 5.73 Å². The van der Waals surface area contributed by atoms with Gasteiger partial charge in [-0.25, -0.2) is 0 Å². The molecule has 0 atom stereocenters. The fourth-order valence-corrected chi connectivity index (χ4v) is 3.05. The van der Waals surface area contributed by atoms with E-state index >= 15 is 0 Å². The van der Waals surface area contributed by atoms with Gasteiger partial charge in [0.25, 0.3) is 0 Å². The lowest BCUT2D eigenvalue weighted by Gasteiger charge is -2.11. The van der Waals surface area contributed by atoms with Crippen LogP contribution in [0.25, 0.3) is 0 Å². The number of nitrogens with two attached hydrogens (primary N) is 1. The minimum Gasteiger partial charge on any atom is -0.488 e. The first kappa shape index (κ1) is 15.5. The van der Waals surface area contributed by atoms with Gasteiger partial charge in [-0.2, -0.15) is 0 Å². The minimum absolute atomic E-state index is 0.413. The van der Waals surface area contributed by atoms with E-state index in [1.807, 2.05) is 43.3 Å². The molecule has 0 bridgehead atoms. The number of hydrogen-bond acceptors (Lipinski definition) is 2. The molecule has 2 N–H and O–H groups in total. The number of thiocarbonyl (C=S) groups is 1. The standard InChI is InChI=1S/C15H13Br2NOS/c1-9-6-10(15(18)20)2-3-11(9)8-19-14-5-4-12(16)7-13(14)17/h2-7H,8H2,1H3,(H2,18,20). The quantitative estimate of drug-likeness (QED) is 0.734. The van der Waals surface area contributed by atoms with Crippen molar-refractivity contribution in [3.8, 4) is 5.75 Å². The predicted molar refractivity (Wildman–Crippen MR) is 93.2 cm³/mol. The van der Waals surface area contributed by atoms with Crippen LogP contribution in [0.1, 0.15) is 16.7 Å². The molecule has 0 unspecified atom stereocenters. The number of aryl methyl sites for hydroxylation is 1. The van der Waals surface area contributed by atoms with Gasteiger partial charge in [-0.3, -0.25) is 0 Å². The summed E-state index contributed by atoms with van der Waals surface area (Å²) in [7, 11) is 0. The molecule has 0 aliphatic rings. The Labute approximate surface area is 140 Å². The highest BCUT2D eigenvalue weighted by molar-refractivity contribution is 9.11. The fraction of sp³-hybridized carbons (Fsp3) is 0.133. The Morgan fingerprint density at radius 2 is 1.95 bits per heavy atom. The highest BCUT2D eigenvalue weighted by atomic mass is 79.9. The van der Waals surface area contributed by atoms with Gasteiger partial charge in [0.1, 0.15) is 17.3 Å². The van der Waals surface area contributed by atoms with Crippen molar-refractivity contribution >= 4 is 49.1 Å². The van der Waals surface area contributed by atoms with Crippen molar-refractivity contribution in [2.45, 2.75) is 13.5 Å². The second-order valence-corrected chi connectivity index (χ2v) is 6.58. The molecular formula is C15H13Br2NOS. The molecule has 2 aromatic carbocycles. The first-order chi connectivity index (χ1) is 9.47. The lowest BCUT2D eigenvalue weighted by atomic mass is 10.1. The second kappa shape index (κ2) is 6.70. The summed E-state index contributed by atoms with van der Waals surface area (Å²) in [5.74, 6) is 0.811. The molecule has 0 aliphatic heterocycles. The molecule has 0 spiro atoms. The van der Waals surface area contributed by atoms with Crippen LogP contribution in [0.15, 0.2) is 45.3 Å². The van der Waals surface area contributed by atoms with Crippen LogP contribution < -0.4 is 10.5 Å². The Morgan fingerprint density at radius 3 is 2.55 bits per heavy atom. The molecule has 0 saturated carbocycles. The summed E-state index contributed by atoms with van der Waals surface area (Å²) in [6.45, 7) is 2.53. The van der Waals surface area contributed by atoms with Crippen molar-refractivity contribution in [3.63, 3.8) is 0 Å². The third kappa shape index (κ3) is 3.81. The Bertz CT molecular complexity index is 658. The summed E-state index contributed by atoms with van der Waals surface area (Å²) in [6, 6.07) is 11.7. The summed E-state index contributed by atoms with van der Waals surface area (Å²) < 4.78 is 7.76. The van der Waals surface area contributed by atoms with Gasteiger partial charge in [-0.05, 0) is 58.2 Å². The van der Waals surface area contributed by atoms with Gasteiger partial charge in [0, 0.05) is 10.0 Å². The monoisotopic (exact) mass is 413 g/mol. The number of ether oxygens (including phenoxy) is 1. The fourth-order valence-electron chi connectivity index (χ4n) is 1.76. The average Bonchev–Trinajstić information content (AvgIpc) is 2.38. The van der Waals surface area contributed by atoms with E-state index in [2.05, 4.69) is 31.9 Å². The van der Waals surface area contributed by atoms with Crippen LogP contribution in [0.2, 0.25) is 0 Å². The van der Waals surface area contributed by atoms with Crippen molar-refractivity contribution in [1.82, 2.24) is 0 Å². The molecule has 20 heavy (non-hydrogen) atoms. The van der Waals surface area contributed by atoms with Crippen molar-refractivity contribution < 1.29 is 4.74 Å². The van der Waals surface area contributed by atoms with Crippen LogP contribution in [-0.4, -0.2) is 4.99 Å². The van der Waals surface area contributed by atoms with E-state index in [1.165, 1.54) is 0 Å². The number of benzene rings is 2. The van der Waals surface area contributed by atoms with E-state index in [-0.39, 0.29) is 0 Å². The molecule has 0 heterocycles. The highest BCUT2D eigenvalue weighted by Gasteiger charge is 2.05. The zero-order valence-electron chi connectivity index (χ0n) is 10.8. The molecule has 0 fully saturated rings. The molecule has 2 nitrogen and oxygen atoms in total. The van der Waals surface area contributed by atoms with E-state index in [0.717, 1.165) is 31.4 Å². The van der Waals surface area contributed by atoms with E-state index in [4.69, 9.17) is 22.7 Å². The van der Waals surface area contributed by atoms with Gasteiger partial charge in [-0.15, -0.1) is 0 Å². The van der Waals surface area contributed by atoms with Gasteiger partial charge in [-0.1, -0.05) is 40.3 Å². The van der Waals surface area contributed by atoms with Crippen LogP contribution in [0.4, 0.5) is 0 Å². The summed E-state index contributed by atoms with van der Waals surface area (Å²) in [6.07, 6.45) is 0. The molecule has 5 heteroatoms. The van der Waals surface area contributed by atoms with E-state index in [1.54, 1.807) is 0 Å². The first-order valence-electron chi connectivity index (χ1n) is 5.94. The topological polar surface area (TPSA) is 35.2 Å². The third-order valence-electron chi connectivity index (χ3n) is 2.90. The molecule has 0 aromatic heterocycles. The molecular weight excluding hydrogens is 402 g/mol. The summed E-state index contributed by atoms with van der Waals surface area (Å²) >= 11 is 11.9. The minimum atomic E-state index is 0.413. The van der Waals surface area contributed by atoms with Gasteiger partial charge < -0.3 is 10.5 Å². The largest absolute Gasteiger partial charge is 0.488 e. The van der Waals surface area contributed by atoms with Crippen LogP contribution in [-0.2, 0) is 6.61 Å². The van der Waals surface area contributed by atoms with Gasteiger partial charge in [0.2, 0.25) is 0 Å². The number of halogens is 2. The van der Waals surface area contributed by atoms with Gasteiger partial charge >= 0.3 is 0 Å². The summed E-state index contributed by atoms with van der Waals surface area (Å²) in [5, 5.41) is 0. The normalized spacial score (nSPS) is 10.3. The lowest BCUT2D eigenvalue weighted by molar-refractivity contribution is 0.303. The number of hydrogen-bond donors (Lipinski definition) is 1. The average molecular weight is 415 g/mol. The maximum absolute atomic E-state index is 5.83. The van der Waals surface area contributed by atoms with Crippen LogP contribution in [0, 0.1) is 6.92 Å². The van der Waals surface area contributed by atoms with E-state index in [9.17, 15) is 0 Å². The molecule has 0 saturated heterocycles. The second-order valence-electron chi connectivity index (χ2n) is 4.37. The molecule has 0 radical (unpaired) electrons. The SMILES string of the molecule is Cc1cc(C(N)=S)ccc1COc1ccc(Br)cc1Br. The molecule has 0 aliphatic carbocycles. The van der Waals surface area contributed by atoms with E-state index < -0.39 is 0 Å². The molecule has 2 rings (SSSR count). The molecule has 0 amide bonds. The Hall–Kier alpha value is -0.910. The third-order valence-corrected chi connectivity index (χ3v) is 4.25. The van der Waals surface area contributed by atoms with Crippen LogP contribution >= 0.6 is 44.1 Å². The maximum Gasteiger partial charge on any atom is 0.134 e. The van der Waals surface area contributed by atoms with Gasteiger partial charge in [0.05, 0.1) is 4.47 Å².